The van der Waals surface area contributed by atoms with Crippen molar-refractivity contribution in [3.8, 4) is 11.1 Å². The second kappa shape index (κ2) is 9.00. The fraction of sp³-hybridized carbons (Fsp3) is 0.381. The standard InChI is InChI=1S/C21H25NO7/c1-22-21(28)14-4-2-3-13(9-14)11-5-7-12(8-6-11)16(24)20-19(27)18(26)17(25)15(10-23)29-20/h2-9,15-20,23-27H,10H2,1H3,(H,22,28)/t15?,16-,17?,18?,19?,20?/m0/s1. The molecule has 6 N–H and O–H groups in total. The van der Waals surface area contributed by atoms with Crippen molar-refractivity contribution >= 4 is 5.91 Å². The molecule has 0 saturated carbocycles. The lowest BCUT2D eigenvalue weighted by Crippen LogP contribution is -2.59. The molecule has 5 unspecified atom stereocenters. The van der Waals surface area contributed by atoms with Gasteiger partial charge in [0.1, 0.15) is 36.6 Å². The summed E-state index contributed by atoms with van der Waals surface area (Å²) in [7, 11) is 1.56. The molecule has 0 bridgehead atoms. The Balaban J connectivity index is 1.80. The van der Waals surface area contributed by atoms with E-state index in [0.717, 1.165) is 11.1 Å². The number of benzene rings is 2. The minimum absolute atomic E-state index is 0.193. The smallest absolute Gasteiger partial charge is 0.251 e. The fourth-order valence-corrected chi connectivity index (χ4v) is 3.44. The molecule has 2 aromatic rings. The third-order valence-corrected chi connectivity index (χ3v) is 5.18. The fourth-order valence-electron chi connectivity index (χ4n) is 3.44. The highest BCUT2D eigenvalue weighted by atomic mass is 16.6. The van der Waals surface area contributed by atoms with Crippen LogP contribution in [0.15, 0.2) is 48.5 Å². The maximum atomic E-state index is 11.8. The largest absolute Gasteiger partial charge is 0.394 e. The van der Waals surface area contributed by atoms with Gasteiger partial charge < -0.3 is 35.6 Å². The van der Waals surface area contributed by atoms with E-state index in [9.17, 15) is 30.3 Å². The molecule has 3 rings (SSSR count). The third-order valence-electron chi connectivity index (χ3n) is 5.18. The number of rotatable bonds is 5. The van der Waals surface area contributed by atoms with Gasteiger partial charge >= 0.3 is 0 Å². The van der Waals surface area contributed by atoms with Crippen LogP contribution in [0.1, 0.15) is 22.0 Å². The number of aliphatic hydroxyl groups is 5. The van der Waals surface area contributed by atoms with Gasteiger partial charge in [-0.1, -0.05) is 36.4 Å². The number of carbonyl (C=O) groups excluding carboxylic acids is 1. The van der Waals surface area contributed by atoms with Crippen molar-refractivity contribution in [1.82, 2.24) is 5.32 Å². The van der Waals surface area contributed by atoms with Crippen molar-refractivity contribution in [3.05, 3.63) is 59.7 Å². The second-order valence-corrected chi connectivity index (χ2v) is 7.02. The summed E-state index contributed by atoms with van der Waals surface area (Å²) in [6.45, 7) is -0.561. The first kappa shape index (κ1) is 21.4. The zero-order valence-corrected chi connectivity index (χ0v) is 15.8. The van der Waals surface area contributed by atoms with Crippen molar-refractivity contribution in [1.29, 1.82) is 0 Å². The number of hydrogen-bond donors (Lipinski definition) is 6. The van der Waals surface area contributed by atoms with Crippen molar-refractivity contribution in [2.24, 2.45) is 0 Å². The van der Waals surface area contributed by atoms with Gasteiger partial charge in [-0.2, -0.15) is 0 Å². The van der Waals surface area contributed by atoms with E-state index in [4.69, 9.17) is 4.74 Å². The zero-order chi connectivity index (χ0) is 21.1. The first-order valence-corrected chi connectivity index (χ1v) is 9.28. The molecule has 0 radical (unpaired) electrons. The van der Waals surface area contributed by atoms with Gasteiger partial charge in [-0.05, 0) is 28.8 Å². The minimum atomic E-state index is -1.55. The van der Waals surface area contributed by atoms with Gasteiger partial charge in [0.25, 0.3) is 5.91 Å². The molecule has 6 atom stereocenters. The Labute approximate surface area is 168 Å². The van der Waals surface area contributed by atoms with Crippen LogP contribution >= 0.6 is 0 Å². The molecule has 1 aliphatic rings. The second-order valence-electron chi connectivity index (χ2n) is 7.02. The van der Waals surface area contributed by atoms with Crippen molar-refractivity contribution in [2.75, 3.05) is 13.7 Å². The van der Waals surface area contributed by atoms with Crippen molar-refractivity contribution < 1.29 is 35.1 Å². The zero-order valence-electron chi connectivity index (χ0n) is 15.8. The molecule has 8 heteroatoms. The van der Waals surface area contributed by atoms with Gasteiger partial charge in [0.2, 0.25) is 0 Å². The minimum Gasteiger partial charge on any atom is -0.394 e. The molecule has 0 spiro atoms. The average molecular weight is 403 g/mol. The molecule has 0 aromatic heterocycles. The first-order valence-electron chi connectivity index (χ1n) is 9.28. The van der Waals surface area contributed by atoms with Gasteiger partial charge in [-0.25, -0.2) is 0 Å². The number of hydrogen-bond acceptors (Lipinski definition) is 7. The van der Waals surface area contributed by atoms with E-state index in [-0.39, 0.29) is 5.91 Å². The van der Waals surface area contributed by atoms with Gasteiger partial charge in [-0.15, -0.1) is 0 Å². The van der Waals surface area contributed by atoms with Gasteiger partial charge in [0.15, 0.2) is 0 Å². The van der Waals surface area contributed by atoms with Crippen LogP contribution < -0.4 is 5.32 Å². The van der Waals surface area contributed by atoms with E-state index < -0.39 is 43.2 Å². The summed E-state index contributed by atoms with van der Waals surface area (Å²) in [5.74, 6) is -0.193. The van der Waals surface area contributed by atoms with E-state index in [1.807, 2.05) is 6.07 Å². The maximum Gasteiger partial charge on any atom is 0.251 e. The molecule has 1 heterocycles. The van der Waals surface area contributed by atoms with Gasteiger partial charge in [-0.3, -0.25) is 4.79 Å². The lowest BCUT2D eigenvalue weighted by Gasteiger charge is -2.41. The molecule has 156 valence electrons. The Bertz CT molecular complexity index is 839. The van der Waals surface area contributed by atoms with Gasteiger partial charge in [0.05, 0.1) is 6.61 Å². The summed E-state index contributed by atoms with van der Waals surface area (Å²) < 4.78 is 5.41. The molecule has 2 aromatic carbocycles. The Hall–Kier alpha value is -2.33. The molecule has 1 saturated heterocycles. The third kappa shape index (κ3) is 4.32. The molecule has 0 aliphatic carbocycles. The molecular weight excluding hydrogens is 378 g/mol. The highest BCUT2D eigenvalue weighted by Crippen LogP contribution is 2.31. The predicted octanol–water partition coefficient (Wildman–Crippen LogP) is -0.411. The van der Waals surface area contributed by atoms with Crippen molar-refractivity contribution in [2.45, 2.75) is 36.6 Å². The van der Waals surface area contributed by atoms with Crippen LogP contribution in [-0.4, -0.2) is 75.6 Å². The number of ether oxygens (including phenoxy) is 1. The molecule has 1 fully saturated rings. The Kier molecular flexibility index (Phi) is 6.63. The summed E-state index contributed by atoms with van der Waals surface area (Å²) in [4.78, 5) is 11.8. The highest BCUT2D eigenvalue weighted by molar-refractivity contribution is 5.95. The summed E-state index contributed by atoms with van der Waals surface area (Å²) in [6, 6.07) is 13.9. The Morgan fingerprint density at radius 3 is 2.34 bits per heavy atom. The molecule has 1 amide bonds. The predicted molar refractivity (Wildman–Crippen MR) is 104 cm³/mol. The lowest BCUT2D eigenvalue weighted by atomic mass is 9.89. The summed E-state index contributed by atoms with van der Waals surface area (Å²) in [6.07, 6.45) is -8.13. The average Bonchev–Trinajstić information content (AvgIpc) is 2.77. The van der Waals surface area contributed by atoms with E-state index in [2.05, 4.69) is 5.32 Å². The van der Waals surface area contributed by atoms with Crippen LogP contribution in [0.25, 0.3) is 11.1 Å². The van der Waals surface area contributed by atoms with Crippen LogP contribution in [0.2, 0.25) is 0 Å². The first-order chi connectivity index (χ1) is 13.9. The number of aliphatic hydroxyl groups excluding tert-OH is 5. The number of amides is 1. The number of nitrogens with one attached hydrogen (secondary N) is 1. The summed E-state index contributed by atoms with van der Waals surface area (Å²) in [5.41, 5.74) is 2.59. The van der Waals surface area contributed by atoms with E-state index >= 15 is 0 Å². The topological polar surface area (TPSA) is 139 Å². The Morgan fingerprint density at radius 2 is 1.72 bits per heavy atom. The normalized spacial score (nSPS) is 28.0. The summed E-state index contributed by atoms with van der Waals surface area (Å²) in [5, 5.41) is 52.4. The molecule has 8 nitrogen and oxygen atoms in total. The van der Waals surface area contributed by atoms with Crippen LogP contribution in [0.3, 0.4) is 0 Å². The molecule has 1 aliphatic heterocycles. The molecular formula is C21H25NO7. The van der Waals surface area contributed by atoms with E-state index in [1.165, 1.54) is 0 Å². The van der Waals surface area contributed by atoms with E-state index in [1.54, 1.807) is 49.5 Å². The van der Waals surface area contributed by atoms with Crippen LogP contribution in [0.4, 0.5) is 0 Å². The highest BCUT2D eigenvalue weighted by Gasteiger charge is 2.46. The van der Waals surface area contributed by atoms with Crippen LogP contribution in [0, 0.1) is 0 Å². The monoisotopic (exact) mass is 403 g/mol. The number of carbonyl (C=O) groups is 1. The van der Waals surface area contributed by atoms with Crippen LogP contribution in [-0.2, 0) is 4.74 Å². The van der Waals surface area contributed by atoms with Gasteiger partial charge in [0, 0.05) is 12.6 Å². The molecule has 29 heavy (non-hydrogen) atoms. The van der Waals surface area contributed by atoms with E-state index in [0.29, 0.717) is 11.1 Å². The van der Waals surface area contributed by atoms with Crippen LogP contribution in [0.5, 0.6) is 0 Å². The lowest BCUT2D eigenvalue weighted by molar-refractivity contribution is -0.250. The maximum absolute atomic E-state index is 11.8. The quantitative estimate of drug-likeness (QED) is 0.399. The Morgan fingerprint density at radius 1 is 1.03 bits per heavy atom. The summed E-state index contributed by atoms with van der Waals surface area (Å²) >= 11 is 0. The SMILES string of the molecule is CNC(=O)c1cccc(-c2ccc([C@H](O)C3OC(CO)C(O)C(O)C3O)cc2)c1. The van der Waals surface area contributed by atoms with Crippen molar-refractivity contribution in [3.63, 3.8) is 0 Å².